The van der Waals surface area contributed by atoms with Crippen molar-refractivity contribution in [3.63, 3.8) is 0 Å². The molecule has 3 rings (SSSR count). The van der Waals surface area contributed by atoms with Crippen molar-refractivity contribution in [2.45, 2.75) is 24.6 Å². The first-order valence-corrected chi connectivity index (χ1v) is 10.2. The van der Waals surface area contributed by atoms with E-state index in [1.807, 2.05) is 0 Å². The molecule has 0 saturated carbocycles. The zero-order chi connectivity index (χ0) is 25.1. The lowest BCUT2D eigenvalue weighted by molar-refractivity contribution is -0.209. The Morgan fingerprint density at radius 2 is 1.82 bits per heavy atom. The molecule has 1 N–H and O–H groups in total. The molecule has 1 saturated heterocycles. The number of benzene rings is 2. The van der Waals surface area contributed by atoms with Gasteiger partial charge in [-0.25, -0.2) is 9.18 Å². The van der Waals surface area contributed by atoms with Crippen molar-refractivity contribution < 1.29 is 45.0 Å². The standard InChI is InChI=1S/C21H18ClF7N2O3/c22-13-2-4-14(5-3-13)30-19(32)34-18(21(27,28)29)11-31-7-8-33-17(10-31)12-1-6-16(23)15(9-12)20(24,25)26/h1-6,9,17-18H,7-8,10-11H2,(H,30,32). The molecule has 5 nitrogen and oxygen atoms in total. The molecule has 1 heterocycles. The molecule has 1 amide bonds. The van der Waals surface area contributed by atoms with Crippen LogP contribution in [0, 0.1) is 5.82 Å². The smallest absolute Gasteiger partial charge is 0.426 e. The number of nitrogens with zero attached hydrogens (tertiary/aromatic N) is 1. The van der Waals surface area contributed by atoms with Crippen LogP contribution in [0.5, 0.6) is 0 Å². The minimum Gasteiger partial charge on any atom is -0.435 e. The normalized spacial score (nSPS) is 18.4. The average molecular weight is 515 g/mol. The van der Waals surface area contributed by atoms with Gasteiger partial charge in [0.1, 0.15) is 5.82 Å². The molecule has 0 spiro atoms. The highest BCUT2D eigenvalue weighted by Gasteiger charge is 2.44. The van der Waals surface area contributed by atoms with E-state index in [0.29, 0.717) is 17.2 Å². The molecular weight excluding hydrogens is 497 g/mol. The third kappa shape index (κ3) is 6.97. The minimum atomic E-state index is -4.94. The molecule has 2 unspecified atom stereocenters. The first-order valence-electron chi connectivity index (χ1n) is 9.83. The third-order valence-electron chi connectivity index (χ3n) is 4.95. The predicted octanol–water partition coefficient (Wildman–Crippen LogP) is 6.05. The summed E-state index contributed by atoms with van der Waals surface area (Å²) in [7, 11) is 0. The Morgan fingerprint density at radius 3 is 2.44 bits per heavy atom. The number of hydrogen-bond donors (Lipinski definition) is 1. The van der Waals surface area contributed by atoms with Gasteiger partial charge in [-0.05, 0) is 42.0 Å². The Balaban J connectivity index is 1.68. The van der Waals surface area contributed by atoms with Crippen LogP contribution in [-0.4, -0.2) is 49.5 Å². The van der Waals surface area contributed by atoms with Gasteiger partial charge in [-0.2, -0.15) is 26.3 Å². The monoisotopic (exact) mass is 514 g/mol. The molecule has 2 atom stereocenters. The number of amides is 1. The quantitative estimate of drug-likeness (QED) is 0.494. The molecular formula is C21H18ClF7N2O3. The van der Waals surface area contributed by atoms with Crippen LogP contribution in [0.2, 0.25) is 5.02 Å². The molecule has 186 valence electrons. The number of ether oxygens (including phenoxy) is 2. The summed E-state index contributed by atoms with van der Waals surface area (Å²) in [6, 6.07) is 7.87. The van der Waals surface area contributed by atoms with Crippen LogP contribution in [0.25, 0.3) is 0 Å². The Hall–Kier alpha value is -2.57. The van der Waals surface area contributed by atoms with Gasteiger partial charge in [-0.3, -0.25) is 10.2 Å². The number of morpholine rings is 1. The van der Waals surface area contributed by atoms with E-state index in [0.717, 1.165) is 6.07 Å². The van der Waals surface area contributed by atoms with Gasteiger partial charge in [0, 0.05) is 30.3 Å². The third-order valence-corrected chi connectivity index (χ3v) is 5.20. The first kappa shape index (κ1) is 26.0. The number of rotatable bonds is 5. The lowest BCUT2D eigenvalue weighted by Gasteiger charge is -2.35. The van der Waals surface area contributed by atoms with Gasteiger partial charge < -0.3 is 9.47 Å². The summed E-state index contributed by atoms with van der Waals surface area (Å²) in [6.07, 6.45) is -14.8. The van der Waals surface area contributed by atoms with Crippen LogP contribution >= 0.6 is 11.6 Å². The molecule has 2 aromatic carbocycles. The Labute approximate surface area is 194 Å². The fourth-order valence-corrected chi connectivity index (χ4v) is 3.41. The van der Waals surface area contributed by atoms with Gasteiger partial charge in [-0.15, -0.1) is 0 Å². The summed E-state index contributed by atoms with van der Waals surface area (Å²) in [5.74, 6) is -1.47. The van der Waals surface area contributed by atoms with E-state index in [4.69, 9.17) is 16.3 Å². The molecule has 1 aliphatic rings. The number of carbonyl (C=O) groups is 1. The van der Waals surface area contributed by atoms with Gasteiger partial charge in [0.2, 0.25) is 6.10 Å². The molecule has 0 aromatic heterocycles. The van der Waals surface area contributed by atoms with Crippen molar-refractivity contribution in [2.24, 2.45) is 0 Å². The highest BCUT2D eigenvalue weighted by molar-refractivity contribution is 6.30. The van der Waals surface area contributed by atoms with Crippen LogP contribution in [0.15, 0.2) is 42.5 Å². The number of alkyl halides is 6. The first-order chi connectivity index (χ1) is 15.8. The number of halogens is 8. The van der Waals surface area contributed by atoms with Gasteiger partial charge in [-0.1, -0.05) is 17.7 Å². The SMILES string of the molecule is O=C(Nc1ccc(Cl)cc1)OC(CN1CCOC(c2ccc(F)c(C(F)(F)F)c2)C1)C(F)(F)F. The maximum absolute atomic E-state index is 13.6. The Kier molecular flexibility index (Phi) is 7.94. The highest BCUT2D eigenvalue weighted by Crippen LogP contribution is 2.34. The van der Waals surface area contributed by atoms with Crippen LogP contribution in [0.4, 0.5) is 41.2 Å². The summed E-state index contributed by atoms with van der Waals surface area (Å²) in [5.41, 5.74) is -1.37. The van der Waals surface area contributed by atoms with E-state index in [2.05, 4.69) is 10.1 Å². The molecule has 0 radical (unpaired) electrons. The summed E-state index contributed by atoms with van der Waals surface area (Å²) in [5, 5.41) is 2.52. The molecule has 34 heavy (non-hydrogen) atoms. The van der Waals surface area contributed by atoms with Gasteiger partial charge >= 0.3 is 18.4 Å². The van der Waals surface area contributed by atoms with E-state index >= 15 is 0 Å². The van der Waals surface area contributed by atoms with Gasteiger partial charge in [0.25, 0.3) is 0 Å². The summed E-state index contributed by atoms with van der Waals surface area (Å²) < 4.78 is 103. The minimum absolute atomic E-state index is 0.0125. The maximum Gasteiger partial charge on any atom is 0.426 e. The molecule has 13 heteroatoms. The number of nitrogens with one attached hydrogen (secondary N) is 1. The van der Waals surface area contributed by atoms with Crippen molar-refractivity contribution in [1.29, 1.82) is 0 Å². The molecule has 2 aromatic rings. The van der Waals surface area contributed by atoms with E-state index < -0.39 is 48.6 Å². The zero-order valence-corrected chi connectivity index (χ0v) is 18.0. The maximum atomic E-state index is 13.6. The van der Waals surface area contributed by atoms with E-state index in [9.17, 15) is 35.5 Å². The van der Waals surface area contributed by atoms with E-state index in [1.54, 1.807) is 0 Å². The van der Waals surface area contributed by atoms with Gasteiger partial charge in [0.15, 0.2) is 0 Å². The Morgan fingerprint density at radius 1 is 1.15 bits per heavy atom. The van der Waals surface area contributed by atoms with Gasteiger partial charge in [0.05, 0.1) is 18.3 Å². The Bertz CT molecular complexity index is 999. The van der Waals surface area contributed by atoms with Crippen molar-refractivity contribution in [2.75, 3.05) is 31.6 Å². The second-order valence-electron chi connectivity index (χ2n) is 7.42. The lowest BCUT2D eigenvalue weighted by atomic mass is 10.0. The number of anilines is 1. The highest BCUT2D eigenvalue weighted by atomic mass is 35.5. The average Bonchev–Trinajstić information content (AvgIpc) is 2.74. The summed E-state index contributed by atoms with van der Waals surface area (Å²) in [4.78, 5) is 13.2. The largest absolute Gasteiger partial charge is 0.435 e. The summed E-state index contributed by atoms with van der Waals surface area (Å²) >= 11 is 5.71. The lowest BCUT2D eigenvalue weighted by Crippen LogP contribution is -2.48. The van der Waals surface area contributed by atoms with E-state index in [1.165, 1.54) is 29.2 Å². The fraction of sp³-hybridized carbons (Fsp3) is 0.381. The van der Waals surface area contributed by atoms with Crippen LogP contribution in [0.3, 0.4) is 0 Å². The topological polar surface area (TPSA) is 50.8 Å². The second kappa shape index (κ2) is 10.4. The van der Waals surface area contributed by atoms with Crippen molar-refractivity contribution in [1.82, 2.24) is 4.90 Å². The molecule has 1 aliphatic heterocycles. The van der Waals surface area contributed by atoms with E-state index in [-0.39, 0.29) is 30.9 Å². The van der Waals surface area contributed by atoms with Crippen molar-refractivity contribution in [3.8, 4) is 0 Å². The van der Waals surface area contributed by atoms with Crippen molar-refractivity contribution in [3.05, 3.63) is 64.4 Å². The van der Waals surface area contributed by atoms with Crippen LogP contribution in [0.1, 0.15) is 17.2 Å². The zero-order valence-electron chi connectivity index (χ0n) is 17.2. The summed E-state index contributed by atoms with van der Waals surface area (Å²) in [6.45, 7) is -1.08. The fourth-order valence-electron chi connectivity index (χ4n) is 3.28. The molecule has 1 fully saturated rings. The number of hydrogen-bond acceptors (Lipinski definition) is 4. The van der Waals surface area contributed by atoms with Crippen LogP contribution < -0.4 is 5.32 Å². The van der Waals surface area contributed by atoms with Crippen molar-refractivity contribution >= 4 is 23.4 Å². The number of carbonyl (C=O) groups excluding carboxylic acids is 1. The van der Waals surface area contributed by atoms with Crippen LogP contribution in [-0.2, 0) is 15.7 Å². The molecule has 0 bridgehead atoms. The second-order valence-corrected chi connectivity index (χ2v) is 7.86. The predicted molar refractivity (Wildman–Crippen MR) is 108 cm³/mol. The molecule has 0 aliphatic carbocycles.